The van der Waals surface area contributed by atoms with Crippen molar-refractivity contribution in [3.8, 4) is 0 Å². The molecule has 1 aliphatic heterocycles. The molecule has 5 nitrogen and oxygen atoms in total. The van der Waals surface area contributed by atoms with Crippen LogP contribution in [0.5, 0.6) is 0 Å². The Morgan fingerprint density at radius 1 is 1.72 bits per heavy atom. The minimum atomic E-state index is -4.22. The van der Waals surface area contributed by atoms with Gasteiger partial charge >= 0.3 is 7.60 Å². The summed E-state index contributed by atoms with van der Waals surface area (Å²) in [5.74, 6) is 1.42. The lowest BCUT2D eigenvalue weighted by Gasteiger charge is -2.38. The molecule has 0 aromatic heterocycles. The van der Waals surface area contributed by atoms with E-state index < -0.39 is 19.2 Å². The summed E-state index contributed by atoms with van der Waals surface area (Å²) in [4.78, 5) is 17.7. The third kappa shape index (κ3) is 4.38. The molecule has 0 bridgehead atoms. The van der Waals surface area contributed by atoms with Crippen molar-refractivity contribution in [2.24, 2.45) is 5.92 Å². The van der Waals surface area contributed by atoms with Crippen LogP contribution in [-0.2, 0) is 12.4 Å². The Labute approximate surface area is 122 Å². The molecule has 2 N–H and O–H groups in total. The predicted molar refractivity (Wildman–Crippen MR) is 77.2 cm³/mol. The monoisotopic (exact) mass is 384 g/mol. The van der Waals surface area contributed by atoms with Gasteiger partial charge < -0.3 is 17.6 Å². The zero-order valence-corrected chi connectivity index (χ0v) is 13.2. The van der Waals surface area contributed by atoms with Crippen LogP contribution in [0.1, 0.15) is 20.3 Å². The summed E-state index contributed by atoms with van der Waals surface area (Å²) in [5.41, 5.74) is -0.979. The highest BCUT2D eigenvalue weighted by Gasteiger charge is 2.35. The molecule has 0 fully saturated rings. The standard InChI is InChI=1S/C10H15BIO5P/c1-3-7-8(17-12)6-10(2,16-9(7)11)4-5-18(13,14)15/h4-7,9H,3H2,1-2H3,(H2,13,14,15)/b5-4+/t7-,9?,10-/m1/s1. The van der Waals surface area contributed by atoms with E-state index in [1.165, 1.54) is 6.08 Å². The van der Waals surface area contributed by atoms with Gasteiger partial charge in [0.05, 0.1) is 0 Å². The van der Waals surface area contributed by atoms with Gasteiger partial charge in [0.15, 0.2) is 23.0 Å². The van der Waals surface area contributed by atoms with Gasteiger partial charge in [0, 0.05) is 17.7 Å². The molecule has 1 rings (SSSR count). The Kier molecular flexibility index (Phi) is 5.50. The zero-order valence-electron chi connectivity index (χ0n) is 10.1. The highest BCUT2D eigenvalue weighted by molar-refractivity contribution is 14.1. The first-order valence-corrected chi connectivity index (χ1v) is 7.97. The molecule has 1 unspecified atom stereocenters. The molecule has 100 valence electrons. The molecule has 3 atom stereocenters. The molecule has 1 aliphatic rings. The van der Waals surface area contributed by atoms with Gasteiger partial charge in [0.25, 0.3) is 0 Å². The van der Waals surface area contributed by atoms with Crippen LogP contribution in [0.4, 0.5) is 0 Å². The Balaban J connectivity index is 3.04. The summed E-state index contributed by atoms with van der Waals surface area (Å²) in [7, 11) is 1.68. The van der Waals surface area contributed by atoms with E-state index in [9.17, 15) is 4.57 Å². The summed E-state index contributed by atoms with van der Waals surface area (Å²) in [6, 6.07) is -0.573. The molecule has 0 aliphatic carbocycles. The zero-order chi connectivity index (χ0) is 14.0. The van der Waals surface area contributed by atoms with Crippen LogP contribution < -0.4 is 0 Å². The van der Waals surface area contributed by atoms with E-state index in [-0.39, 0.29) is 5.92 Å². The minimum absolute atomic E-state index is 0.0570. The highest BCUT2D eigenvalue weighted by atomic mass is 127. The second-order valence-electron chi connectivity index (χ2n) is 4.31. The molecule has 0 saturated carbocycles. The van der Waals surface area contributed by atoms with Crippen molar-refractivity contribution < 1.29 is 22.2 Å². The van der Waals surface area contributed by atoms with E-state index in [1.807, 2.05) is 6.92 Å². The number of rotatable bonds is 4. The second-order valence-corrected chi connectivity index (χ2v) is 6.23. The lowest BCUT2D eigenvalue weighted by atomic mass is 9.79. The van der Waals surface area contributed by atoms with Gasteiger partial charge in [-0.05, 0) is 25.5 Å². The fourth-order valence-corrected chi connectivity index (χ4v) is 2.75. The SMILES string of the molecule is [B]C1O[C@](C)(/C=C/P(=O)(O)O)C=C(OI)[C@H]1CC. The maximum atomic E-state index is 10.8. The quantitative estimate of drug-likeness (QED) is 0.442. The number of ether oxygens (including phenoxy) is 1. The van der Waals surface area contributed by atoms with E-state index >= 15 is 0 Å². The van der Waals surface area contributed by atoms with E-state index in [0.29, 0.717) is 5.76 Å². The Morgan fingerprint density at radius 3 is 2.78 bits per heavy atom. The fourth-order valence-electron chi connectivity index (χ4n) is 1.81. The molecular formula is C10H15BIO5P. The minimum Gasteiger partial charge on any atom is -0.432 e. The van der Waals surface area contributed by atoms with Crippen molar-refractivity contribution in [2.45, 2.75) is 31.9 Å². The third-order valence-electron chi connectivity index (χ3n) is 2.71. The van der Waals surface area contributed by atoms with Crippen LogP contribution in [0, 0.1) is 5.92 Å². The lowest BCUT2D eigenvalue weighted by Crippen LogP contribution is -2.40. The largest absolute Gasteiger partial charge is 0.432 e. The van der Waals surface area contributed by atoms with Crippen LogP contribution in [0.2, 0.25) is 0 Å². The summed E-state index contributed by atoms with van der Waals surface area (Å²) >= 11 is 1.76. The summed E-state index contributed by atoms with van der Waals surface area (Å²) in [6.45, 7) is 3.63. The predicted octanol–water partition coefficient (Wildman–Crippen LogP) is 2.24. The molecular weight excluding hydrogens is 369 g/mol. The molecule has 2 radical (unpaired) electrons. The first kappa shape index (κ1) is 16.2. The van der Waals surface area contributed by atoms with Crippen molar-refractivity contribution in [3.05, 3.63) is 23.7 Å². The van der Waals surface area contributed by atoms with E-state index in [1.54, 1.807) is 36.0 Å². The molecule has 1 heterocycles. The maximum Gasteiger partial charge on any atom is 0.348 e. The first-order chi connectivity index (χ1) is 8.21. The summed E-state index contributed by atoms with van der Waals surface area (Å²) in [5, 5.41) is 0. The van der Waals surface area contributed by atoms with Gasteiger partial charge in [-0.2, -0.15) is 0 Å². The lowest BCUT2D eigenvalue weighted by molar-refractivity contribution is -0.0247. The van der Waals surface area contributed by atoms with Gasteiger partial charge in [0.2, 0.25) is 0 Å². The number of halogens is 1. The van der Waals surface area contributed by atoms with Crippen molar-refractivity contribution in [3.63, 3.8) is 0 Å². The molecule has 18 heavy (non-hydrogen) atoms. The smallest absolute Gasteiger partial charge is 0.348 e. The van der Waals surface area contributed by atoms with Crippen LogP contribution >= 0.6 is 30.6 Å². The van der Waals surface area contributed by atoms with Crippen LogP contribution in [0.15, 0.2) is 23.7 Å². The van der Waals surface area contributed by atoms with Gasteiger partial charge in [-0.15, -0.1) is 0 Å². The molecule has 8 heteroatoms. The van der Waals surface area contributed by atoms with E-state index in [2.05, 4.69) is 0 Å². The number of hydrogen-bond acceptors (Lipinski definition) is 3. The fraction of sp³-hybridized carbons (Fsp3) is 0.600. The average molecular weight is 384 g/mol. The first-order valence-electron chi connectivity index (χ1n) is 5.41. The summed E-state index contributed by atoms with van der Waals surface area (Å²) < 4.78 is 21.7. The molecule has 0 saturated heterocycles. The Bertz CT molecular complexity index is 407. The number of hydrogen-bond donors (Lipinski definition) is 2. The topological polar surface area (TPSA) is 76.0 Å². The summed E-state index contributed by atoms with van der Waals surface area (Å²) in [6.07, 6.45) is 3.74. The van der Waals surface area contributed by atoms with Gasteiger partial charge in [-0.1, -0.05) is 6.92 Å². The van der Waals surface area contributed by atoms with E-state index in [0.717, 1.165) is 12.2 Å². The van der Waals surface area contributed by atoms with Crippen molar-refractivity contribution in [1.29, 1.82) is 0 Å². The average Bonchev–Trinajstić information content (AvgIpc) is 2.25. The molecule has 0 aromatic rings. The van der Waals surface area contributed by atoms with Gasteiger partial charge in [-0.3, -0.25) is 4.57 Å². The second kappa shape index (κ2) is 6.09. The Morgan fingerprint density at radius 2 is 2.33 bits per heavy atom. The van der Waals surface area contributed by atoms with Crippen LogP contribution in [0.3, 0.4) is 0 Å². The van der Waals surface area contributed by atoms with Gasteiger partial charge in [-0.25, -0.2) is 0 Å². The van der Waals surface area contributed by atoms with Crippen LogP contribution in [-0.4, -0.2) is 29.2 Å². The van der Waals surface area contributed by atoms with Gasteiger partial charge in [0.1, 0.15) is 19.2 Å². The molecule has 0 aromatic carbocycles. The van der Waals surface area contributed by atoms with Crippen molar-refractivity contribution >= 4 is 38.4 Å². The third-order valence-corrected chi connectivity index (χ3v) is 3.76. The normalized spacial score (nSPS) is 33.5. The molecule has 0 spiro atoms. The molecule has 0 amide bonds. The van der Waals surface area contributed by atoms with E-state index in [4.69, 9.17) is 25.4 Å². The van der Waals surface area contributed by atoms with Crippen LogP contribution in [0.25, 0.3) is 0 Å². The van der Waals surface area contributed by atoms with Crippen molar-refractivity contribution in [2.75, 3.05) is 0 Å². The van der Waals surface area contributed by atoms with Crippen molar-refractivity contribution in [1.82, 2.24) is 0 Å². The highest BCUT2D eigenvalue weighted by Crippen LogP contribution is 2.40. The maximum absolute atomic E-state index is 10.8. The Hall–Kier alpha value is 0.185.